The van der Waals surface area contributed by atoms with E-state index in [0.29, 0.717) is 5.92 Å². The van der Waals surface area contributed by atoms with Crippen LogP contribution in [-0.2, 0) is 5.41 Å². The van der Waals surface area contributed by atoms with Gasteiger partial charge in [0.1, 0.15) is 0 Å². The molecule has 3 atom stereocenters. The molecule has 2 fully saturated rings. The molecule has 0 bridgehead atoms. The monoisotopic (exact) mass is 297 g/mol. The molecule has 0 spiro atoms. The number of hydrogen-bond acceptors (Lipinski definition) is 1. The molecular weight excluding hydrogens is 278 g/mol. The van der Waals surface area contributed by atoms with Gasteiger partial charge in [0, 0.05) is 22.3 Å². The number of fused-ring (bicyclic) bond motifs is 1. The molecule has 21 heavy (non-hydrogen) atoms. The van der Waals surface area contributed by atoms with Gasteiger partial charge in [0.25, 0.3) is 0 Å². The lowest BCUT2D eigenvalue weighted by Crippen LogP contribution is -2.53. The molecule has 2 aliphatic carbocycles. The lowest BCUT2D eigenvalue weighted by Gasteiger charge is -2.59. The van der Waals surface area contributed by atoms with Crippen LogP contribution >= 0.6 is 11.6 Å². The minimum atomic E-state index is 0.271. The average molecular weight is 298 g/mol. The molecule has 2 aromatic rings. The van der Waals surface area contributed by atoms with Crippen molar-refractivity contribution in [3.05, 3.63) is 64.9 Å². The Morgan fingerprint density at radius 1 is 1.05 bits per heavy atom. The zero-order valence-electron chi connectivity index (χ0n) is 12.1. The summed E-state index contributed by atoms with van der Waals surface area (Å²) in [4.78, 5) is 4.74. The second kappa shape index (κ2) is 5.14. The number of halogens is 1. The van der Waals surface area contributed by atoms with Crippen LogP contribution in [0.1, 0.15) is 49.3 Å². The van der Waals surface area contributed by atoms with Gasteiger partial charge < -0.3 is 0 Å². The Morgan fingerprint density at radius 2 is 1.90 bits per heavy atom. The molecule has 0 saturated heterocycles. The molecule has 1 aromatic carbocycles. The number of aromatic nitrogens is 1. The average Bonchev–Trinajstić information content (AvgIpc) is 2.51. The third-order valence-corrected chi connectivity index (χ3v) is 5.93. The Kier molecular flexibility index (Phi) is 3.26. The van der Waals surface area contributed by atoms with Gasteiger partial charge in [-0.15, -0.1) is 0 Å². The Morgan fingerprint density at radius 3 is 2.62 bits per heavy atom. The van der Waals surface area contributed by atoms with Crippen LogP contribution in [0.15, 0.2) is 48.7 Å². The van der Waals surface area contributed by atoms with Crippen molar-refractivity contribution >= 4 is 11.6 Å². The van der Waals surface area contributed by atoms with E-state index in [0.717, 1.165) is 10.9 Å². The molecule has 0 unspecified atom stereocenters. The van der Waals surface area contributed by atoms with E-state index in [2.05, 4.69) is 24.3 Å². The number of hydrogen-bond donors (Lipinski definition) is 0. The van der Waals surface area contributed by atoms with Gasteiger partial charge in [-0.05, 0) is 60.9 Å². The van der Waals surface area contributed by atoms with Gasteiger partial charge in [0.05, 0.1) is 0 Å². The minimum Gasteiger partial charge on any atom is -0.261 e. The van der Waals surface area contributed by atoms with Crippen LogP contribution in [0.4, 0.5) is 0 Å². The highest BCUT2D eigenvalue weighted by atomic mass is 35.5. The quantitative estimate of drug-likeness (QED) is 0.728. The Balaban J connectivity index is 1.76. The van der Waals surface area contributed by atoms with Crippen molar-refractivity contribution in [2.24, 2.45) is 5.92 Å². The number of nitrogens with zero attached hydrogens (tertiary/aromatic N) is 1. The van der Waals surface area contributed by atoms with Crippen molar-refractivity contribution in [2.45, 2.75) is 43.4 Å². The van der Waals surface area contributed by atoms with Gasteiger partial charge in [-0.1, -0.05) is 42.6 Å². The van der Waals surface area contributed by atoms with Crippen molar-refractivity contribution in [1.29, 1.82) is 0 Å². The molecule has 0 radical (unpaired) electrons. The molecule has 0 N–H and O–H groups in total. The van der Waals surface area contributed by atoms with E-state index in [1.165, 1.54) is 43.4 Å². The Bertz CT molecular complexity index is 622. The van der Waals surface area contributed by atoms with Crippen LogP contribution in [0.5, 0.6) is 0 Å². The van der Waals surface area contributed by atoms with Gasteiger partial charge in [0.15, 0.2) is 0 Å². The van der Waals surface area contributed by atoms with E-state index < -0.39 is 0 Å². The number of pyridine rings is 1. The van der Waals surface area contributed by atoms with Gasteiger partial charge in [-0.2, -0.15) is 0 Å². The molecule has 0 aliphatic heterocycles. The van der Waals surface area contributed by atoms with Gasteiger partial charge >= 0.3 is 0 Å². The molecule has 2 heteroatoms. The highest BCUT2D eigenvalue weighted by Gasteiger charge is 2.57. The van der Waals surface area contributed by atoms with Gasteiger partial charge in [-0.25, -0.2) is 0 Å². The van der Waals surface area contributed by atoms with Crippen molar-refractivity contribution in [2.75, 3.05) is 0 Å². The third-order valence-electron chi connectivity index (χ3n) is 5.68. The lowest BCUT2D eigenvalue weighted by atomic mass is 9.45. The van der Waals surface area contributed by atoms with Crippen LogP contribution in [0, 0.1) is 5.92 Å². The van der Waals surface area contributed by atoms with Crippen molar-refractivity contribution in [3.8, 4) is 0 Å². The number of benzene rings is 1. The maximum Gasteiger partial charge on any atom is 0.0474 e. The first-order valence-corrected chi connectivity index (χ1v) is 8.35. The summed E-state index contributed by atoms with van der Waals surface area (Å²) in [5, 5.41) is 0.824. The second-order valence-electron chi connectivity index (χ2n) is 6.54. The van der Waals surface area contributed by atoms with Crippen molar-refractivity contribution in [1.82, 2.24) is 4.98 Å². The maximum atomic E-state index is 6.05. The van der Waals surface area contributed by atoms with Crippen molar-refractivity contribution < 1.29 is 0 Å². The first-order valence-electron chi connectivity index (χ1n) is 7.98. The smallest absolute Gasteiger partial charge is 0.0474 e. The standard InChI is InChI=1S/C19H20ClN/c20-16-9-7-14(8-10-16)17-13-15-5-1-3-11-19(15,17)18-6-2-4-12-21-18/h2,4,6-10,12,15,17H,1,3,5,11,13H2/t15-,17-,19+/m1/s1. The van der Waals surface area contributed by atoms with E-state index in [1.807, 2.05) is 24.4 Å². The molecule has 4 rings (SSSR count). The lowest BCUT2D eigenvalue weighted by molar-refractivity contribution is 0.0294. The summed E-state index contributed by atoms with van der Waals surface area (Å²) in [5.74, 6) is 1.41. The molecule has 1 heterocycles. The van der Waals surface area contributed by atoms with Crippen LogP contribution in [0.2, 0.25) is 5.02 Å². The minimum absolute atomic E-state index is 0.271. The van der Waals surface area contributed by atoms with Crippen LogP contribution in [0.3, 0.4) is 0 Å². The van der Waals surface area contributed by atoms with Crippen LogP contribution in [0.25, 0.3) is 0 Å². The van der Waals surface area contributed by atoms with E-state index >= 15 is 0 Å². The first kappa shape index (κ1) is 13.3. The fourth-order valence-corrected chi connectivity index (χ4v) is 4.80. The first-order chi connectivity index (χ1) is 10.3. The Labute approximate surface area is 131 Å². The third kappa shape index (κ3) is 2.02. The van der Waals surface area contributed by atoms with E-state index in [1.54, 1.807) is 0 Å². The predicted molar refractivity (Wildman–Crippen MR) is 86.7 cm³/mol. The van der Waals surface area contributed by atoms with E-state index in [-0.39, 0.29) is 5.41 Å². The van der Waals surface area contributed by atoms with Crippen molar-refractivity contribution in [3.63, 3.8) is 0 Å². The normalized spacial score (nSPS) is 31.3. The zero-order valence-corrected chi connectivity index (χ0v) is 12.9. The molecule has 2 aliphatic rings. The fourth-order valence-electron chi connectivity index (χ4n) is 4.67. The number of rotatable bonds is 2. The molecule has 108 valence electrons. The summed E-state index contributed by atoms with van der Waals surface area (Å²) < 4.78 is 0. The van der Waals surface area contributed by atoms with Crippen LogP contribution < -0.4 is 0 Å². The molecule has 2 saturated carbocycles. The Hall–Kier alpha value is -1.34. The molecular formula is C19H20ClN. The molecule has 0 amide bonds. The van der Waals surface area contributed by atoms with E-state index in [9.17, 15) is 0 Å². The maximum absolute atomic E-state index is 6.05. The highest BCUT2D eigenvalue weighted by molar-refractivity contribution is 6.30. The largest absolute Gasteiger partial charge is 0.261 e. The SMILES string of the molecule is Clc1ccc([C@H]2C[C@H]3CCCC[C@]32c2ccccn2)cc1. The highest BCUT2D eigenvalue weighted by Crippen LogP contribution is 2.63. The summed E-state index contributed by atoms with van der Waals surface area (Å²) in [6.07, 6.45) is 8.61. The summed E-state index contributed by atoms with van der Waals surface area (Å²) in [6.45, 7) is 0. The predicted octanol–water partition coefficient (Wildman–Crippen LogP) is 5.35. The topological polar surface area (TPSA) is 12.9 Å². The fraction of sp³-hybridized carbons (Fsp3) is 0.421. The summed E-state index contributed by atoms with van der Waals surface area (Å²) in [7, 11) is 0. The molecule has 1 nitrogen and oxygen atoms in total. The van der Waals surface area contributed by atoms with Crippen LogP contribution in [-0.4, -0.2) is 4.98 Å². The summed E-state index contributed by atoms with van der Waals surface area (Å²) >= 11 is 6.05. The summed E-state index contributed by atoms with van der Waals surface area (Å²) in [5.41, 5.74) is 3.01. The second-order valence-corrected chi connectivity index (χ2v) is 6.97. The van der Waals surface area contributed by atoms with Gasteiger partial charge in [-0.3, -0.25) is 4.98 Å². The van der Waals surface area contributed by atoms with E-state index in [4.69, 9.17) is 16.6 Å². The zero-order chi connectivity index (χ0) is 14.3. The summed E-state index contributed by atoms with van der Waals surface area (Å²) in [6, 6.07) is 14.9. The van der Waals surface area contributed by atoms with Gasteiger partial charge in [0.2, 0.25) is 0 Å². The molecule has 1 aromatic heterocycles.